The molecule has 0 radical (unpaired) electrons. The maximum atomic E-state index is 5.24. The molecule has 0 aromatic carbocycles. The number of aromatic nitrogens is 3. The van der Waals surface area contributed by atoms with Crippen LogP contribution in [0.25, 0.3) is 10.3 Å². The second kappa shape index (κ2) is 7.85. The molecule has 2 rings (SSSR count). The van der Waals surface area contributed by atoms with Gasteiger partial charge in [-0.2, -0.15) is 0 Å². The van der Waals surface area contributed by atoms with E-state index < -0.39 is 0 Å². The van der Waals surface area contributed by atoms with Crippen LogP contribution >= 0.6 is 11.3 Å². The van der Waals surface area contributed by atoms with Crippen molar-refractivity contribution in [3.05, 3.63) is 6.33 Å². The summed E-state index contributed by atoms with van der Waals surface area (Å²) in [7, 11) is 7.43. The fourth-order valence-corrected chi connectivity index (χ4v) is 3.21. The highest BCUT2D eigenvalue weighted by molar-refractivity contribution is 7.21. The first kappa shape index (κ1) is 17.8. The van der Waals surface area contributed by atoms with Crippen LogP contribution in [0.1, 0.15) is 13.8 Å². The first-order valence-corrected chi connectivity index (χ1v) is 8.36. The van der Waals surface area contributed by atoms with E-state index in [0.29, 0.717) is 13.2 Å². The molecule has 2 atom stereocenters. The Kier molecular flexibility index (Phi) is 6.09. The summed E-state index contributed by atoms with van der Waals surface area (Å²) in [5.74, 6) is 0.829. The number of ether oxygens (including phenoxy) is 2. The lowest BCUT2D eigenvalue weighted by Gasteiger charge is -2.25. The number of nitrogens with zero attached hydrogens (tertiary/aromatic N) is 5. The molecule has 0 fully saturated rings. The van der Waals surface area contributed by atoms with Gasteiger partial charge in [-0.05, 0) is 13.8 Å². The van der Waals surface area contributed by atoms with Crippen molar-refractivity contribution in [2.75, 3.05) is 51.3 Å². The van der Waals surface area contributed by atoms with Crippen molar-refractivity contribution >= 4 is 32.6 Å². The monoisotopic (exact) mass is 339 g/mol. The molecule has 0 aliphatic heterocycles. The highest BCUT2D eigenvalue weighted by Crippen LogP contribution is 2.32. The number of methoxy groups -OCH3 is 2. The number of likely N-dealkylation sites (N-methyl/N-ethyl adjacent to an activating group) is 2. The Bertz CT molecular complexity index is 635. The van der Waals surface area contributed by atoms with Gasteiger partial charge in [-0.15, -0.1) is 0 Å². The predicted molar refractivity (Wildman–Crippen MR) is 94.7 cm³/mol. The van der Waals surface area contributed by atoms with Crippen molar-refractivity contribution in [3.63, 3.8) is 0 Å². The average Bonchev–Trinajstić information content (AvgIpc) is 2.97. The zero-order valence-corrected chi connectivity index (χ0v) is 15.4. The number of hydrogen-bond acceptors (Lipinski definition) is 8. The normalized spacial score (nSPS) is 14.0. The number of rotatable bonds is 8. The molecule has 0 spiro atoms. The highest BCUT2D eigenvalue weighted by Gasteiger charge is 2.20. The zero-order valence-electron chi connectivity index (χ0n) is 14.6. The average molecular weight is 339 g/mol. The maximum absolute atomic E-state index is 5.24. The Balaban J connectivity index is 2.34. The molecule has 7 nitrogen and oxygen atoms in total. The lowest BCUT2D eigenvalue weighted by Crippen LogP contribution is -2.33. The lowest BCUT2D eigenvalue weighted by atomic mass is 10.3. The number of anilines is 2. The minimum atomic E-state index is 0.202. The summed E-state index contributed by atoms with van der Waals surface area (Å²) in [5.41, 5.74) is 0.828. The first-order valence-electron chi connectivity index (χ1n) is 7.54. The van der Waals surface area contributed by atoms with Crippen LogP contribution in [0.4, 0.5) is 10.9 Å². The summed E-state index contributed by atoms with van der Waals surface area (Å²) in [6.45, 7) is 5.48. The van der Waals surface area contributed by atoms with Gasteiger partial charge in [0.05, 0.1) is 25.3 Å². The largest absolute Gasteiger partial charge is 0.383 e. The van der Waals surface area contributed by atoms with E-state index in [-0.39, 0.29) is 12.1 Å². The van der Waals surface area contributed by atoms with Crippen molar-refractivity contribution < 1.29 is 9.47 Å². The van der Waals surface area contributed by atoms with Crippen molar-refractivity contribution in [2.45, 2.75) is 25.9 Å². The van der Waals surface area contributed by atoms with E-state index in [9.17, 15) is 0 Å². The van der Waals surface area contributed by atoms with Crippen LogP contribution in [-0.4, -0.2) is 68.6 Å². The molecule has 2 aromatic rings. The number of fused-ring (bicyclic) bond motifs is 1. The van der Waals surface area contributed by atoms with Gasteiger partial charge in [0, 0.05) is 28.3 Å². The van der Waals surface area contributed by atoms with Gasteiger partial charge in [-0.25, -0.2) is 15.0 Å². The molecule has 2 aromatic heterocycles. The summed E-state index contributed by atoms with van der Waals surface area (Å²) in [6, 6.07) is 0.440. The van der Waals surface area contributed by atoms with E-state index in [1.54, 1.807) is 31.9 Å². The summed E-state index contributed by atoms with van der Waals surface area (Å²) >= 11 is 1.57. The highest BCUT2D eigenvalue weighted by atomic mass is 32.1. The van der Waals surface area contributed by atoms with Crippen molar-refractivity contribution in [3.8, 4) is 0 Å². The van der Waals surface area contributed by atoms with Gasteiger partial charge < -0.3 is 19.3 Å². The Morgan fingerprint density at radius 3 is 2.26 bits per heavy atom. The second-order valence-electron chi connectivity index (χ2n) is 5.68. The molecule has 0 aliphatic rings. The van der Waals surface area contributed by atoms with Crippen LogP contribution in [0.15, 0.2) is 6.33 Å². The van der Waals surface area contributed by atoms with Crippen molar-refractivity contribution in [1.82, 2.24) is 15.0 Å². The molecule has 0 amide bonds. The molecule has 0 saturated heterocycles. The lowest BCUT2D eigenvalue weighted by molar-refractivity contribution is 0.183. The Morgan fingerprint density at radius 1 is 1.04 bits per heavy atom. The fraction of sp³-hybridized carbons (Fsp3) is 0.667. The molecule has 0 bridgehead atoms. The molecule has 23 heavy (non-hydrogen) atoms. The van der Waals surface area contributed by atoms with Gasteiger partial charge in [-0.1, -0.05) is 11.3 Å². The third-order valence-electron chi connectivity index (χ3n) is 3.94. The summed E-state index contributed by atoms with van der Waals surface area (Å²) in [5, 5.41) is 0.916. The molecule has 0 N–H and O–H groups in total. The Morgan fingerprint density at radius 2 is 1.65 bits per heavy atom. The fourth-order valence-electron chi connectivity index (χ4n) is 2.24. The van der Waals surface area contributed by atoms with E-state index in [2.05, 4.69) is 33.6 Å². The van der Waals surface area contributed by atoms with Crippen molar-refractivity contribution in [2.24, 2.45) is 0 Å². The zero-order chi connectivity index (χ0) is 17.0. The minimum Gasteiger partial charge on any atom is -0.383 e. The summed E-state index contributed by atoms with van der Waals surface area (Å²) < 4.78 is 10.5. The van der Waals surface area contributed by atoms with Crippen LogP contribution in [0, 0.1) is 0 Å². The van der Waals surface area contributed by atoms with Gasteiger partial charge in [-0.3, -0.25) is 0 Å². The van der Waals surface area contributed by atoms with Gasteiger partial charge in [0.25, 0.3) is 0 Å². The first-order chi connectivity index (χ1) is 11.0. The van der Waals surface area contributed by atoms with Gasteiger partial charge >= 0.3 is 0 Å². The quantitative estimate of drug-likeness (QED) is 0.729. The van der Waals surface area contributed by atoms with Gasteiger partial charge in [0.2, 0.25) is 0 Å². The molecular weight excluding hydrogens is 314 g/mol. The van der Waals surface area contributed by atoms with Crippen LogP contribution in [0.2, 0.25) is 0 Å². The molecule has 2 heterocycles. The van der Waals surface area contributed by atoms with E-state index in [1.807, 2.05) is 14.1 Å². The van der Waals surface area contributed by atoms with Crippen LogP contribution in [0.5, 0.6) is 0 Å². The topological polar surface area (TPSA) is 63.6 Å². The molecule has 8 heteroatoms. The molecule has 128 valence electrons. The van der Waals surface area contributed by atoms with E-state index in [4.69, 9.17) is 14.5 Å². The summed E-state index contributed by atoms with van der Waals surface area (Å²) in [4.78, 5) is 18.6. The summed E-state index contributed by atoms with van der Waals surface area (Å²) in [6.07, 6.45) is 1.59. The van der Waals surface area contributed by atoms with Crippen molar-refractivity contribution in [1.29, 1.82) is 0 Å². The third-order valence-corrected chi connectivity index (χ3v) is 4.99. The van der Waals surface area contributed by atoms with Gasteiger partial charge in [0.15, 0.2) is 15.8 Å². The molecule has 0 saturated carbocycles. The SMILES string of the molecule is COCC(C)N(C)c1nc2c(N(C)C(C)COC)ncnc2s1. The van der Waals surface area contributed by atoms with Crippen LogP contribution in [0.3, 0.4) is 0 Å². The Labute approximate surface area is 141 Å². The van der Waals surface area contributed by atoms with Crippen LogP contribution in [-0.2, 0) is 9.47 Å². The molecule has 2 unspecified atom stereocenters. The van der Waals surface area contributed by atoms with E-state index in [0.717, 1.165) is 21.3 Å². The minimum absolute atomic E-state index is 0.202. The smallest absolute Gasteiger partial charge is 0.188 e. The van der Waals surface area contributed by atoms with E-state index in [1.165, 1.54) is 0 Å². The second-order valence-corrected chi connectivity index (χ2v) is 6.63. The number of hydrogen-bond donors (Lipinski definition) is 0. The Hall–Kier alpha value is -1.51. The number of thiazole rings is 1. The third kappa shape index (κ3) is 3.88. The van der Waals surface area contributed by atoms with Gasteiger partial charge in [0.1, 0.15) is 11.8 Å². The van der Waals surface area contributed by atoms with Crippen LogP contribution < -0.4 is 9.80 Å². The van der Waals surface area contributed by atoms with E-state index >= 15 is 0 Å². The standard InChI is InChI=1S/C15H25N5O2S/c1-10(7-21-5)19(3)13-12-14(17-9-16-13)23-15(18-12)20(4)11(2)8-22-6/h9-11H,7-8H2,1-6H3. The predicted octanol–water partition coefficient (Wildman–Crippen LogP) is 2.03. The maximum Gasteiger partial charge on any atom is 0.188 e. The molecular formula is C15H25N5O2S. The molecule has 0 aliphatic carbocycles.